The van der Waals surface area contributed by atoms with Gasteiger partial charge in [-0.1, -0.05) is 0 Å². The summed E-state index contributed by atoms with van der Waals surface area (Å²) in [5.74, 6) is 0.0101. The van der Waals surface area contributed by atoms with E-state index in [1.807, 2.05) is 0 Å². The Morgan fingerprint density at radius 3 is 2.88 bits per heavy atom. The lowest BCUT2D eigenvalue weighted by molar-refractivity contribution is 0.102. The van der Waals surface area contributed by atoms with Crippen LogP contribution in [0.25, 0.3) is 10.5 Å². The topological polar surface area (TPSA) is 112 Å². The standard InChI is InChI=1S/C17H17N7O2/c1-17(2,19-3)12-6-8-24-15(22-12)13(14(18)23-24)16(25)21-10-9-20-7-5-11(10)26-4/h5-9H,1-2,4H3,(H2,18,23)(H,21,25). The minimum atomic E-state index is -0.832. The van der Waals surface area contributed by atoms with Gasteiger partial charge in [-0.3, -0.25) is 9.78 Å². The quantitative estimate of drug-likeness (QED) is 0.696. The van der Waals surface area contributed by atoms with Gasteiger partial charge in [-0.25, -0.2) is 16.1 Å². The number of nitrogens with one attached hydrogen (secondary N) is 1. The van der Waals surface area contributed by atoms with Crippen molar-refractivity contribution in [2.24, 2.45) is 0 Å². The number of aromatic nitrogens is 4. The van der Waals surface area contributed by atoms with Gasteiger partial charge < -0.3 is 20.6 Å². The van der Waals surface area contributed by atoms with Crippen molar-refractivity contribution < 1.29 is 9.53 Å². The summed E-state index contributed by atoms with van der Waals surface area (Å²) in [7, 11) is 1.49. The van der Waals surface area contributed by atoms with Crippen LogP contribution in [-0.2, 0) is 5.54 Å². The van der Waals surface area contributed by atoms with Crippen LogP contribution in [0.15, 0.2) is 30.7 Å². The summed E-state index contributed by atoms with van der Waals surface area (Å²) in [5, 5.41) is 6.82. The van der Waals surface area contributed by atoms with Crippen LogP contribution < -0.4 is 15.8 Å². The zero-order valence-electron chi connectivity index (χ0n) is 14.5. The molecule has 3 N–H and O–H groups in total. The van der Waals surface area contributed by atoms with Gasteiger partial charge in [0, 0.05) is 32.3 Å². The van der Waals surface area contributed by atoms with Gasteiger partial charge in [0.25, 0.3) is 11.4 Å². The zero-order valence-corrected chi connectivity index (χ0v) is 14.5. The van der Waals surface area contributed by atoms with Gasteiger partial charge in [0.05, 0.1) is 13.3 Å². The molecule has 0 saturated heterocycles. The fraction of sp³-hybridized carbons (Fsp3) is 0.235. The monoisotopic (exact) mass is 351 g/mol. The lowest BCUT2D eigenvalue weighted by atomic mass is 10.0. The van der Waals surface area contributed by atoms with E-state index < -0.39 is 11.4 Å². The molecule has 3 rings (SSSR count). The van der Waals surface area contributed by atoms with E-state index in [9.17, 15) is 4.79 Å². The molecule has 3 heterocycles. The predicted molar refractivity (Wildman–Crippen MR) is 95.8 cm³/mol. The van der Waals surface area contributed by atoms with Crippen LogP contribution in [0.4, 0.5) is 11.5 Å². The molecule has 0 fully saturated rings. The van der Waals surface area contributed by atoms with Crippen LogP contribution in [0, 0.1) is 6.57 Å². The second-order valence-electron chi connectivity index (χ2n) is 6.04. The number of anilines is 2. The van der Waals surface area contributed by atoms with Crippen LogP contribution in [0.3, 0.4) is 0 Å². The summed E-state index contributed by atoms with van der Waals surface area (Å²) in [6, 6.07) is 3.31. The van der Waals surface area contributed by atoms with Crippen molar-refractivity contribution in [1.82, 2.24) is 19.6 Å². The number of hydrogen-bond donors (Lipinski definition) is 2. The molecule has 9 heteroatoms. The Morgan fingerprint density at radius 1 is 1.42 bits per heavy atom. The minimum Gasteiger partial charge on any atom is -0.494 e. The molecule has 26 heavy (non-hydrogen) atoms. The highest BCUT2D eigenvalue weighted by molar-refractivity contribution is 6.12. The van der Waals surface area contributed by atoms with Crippen molar-refractivity contribution in [3.8, 4) is 5.75 Å². The summed E-state index contributed by atoms with van der Waals surface area (Å²) in [6.07, 6.45) is 4.65. The maximum Gasteiger partial charge on any atom is 0.268 e. The molecular weight excluding hydrogens is 334 g/mol. The number of fused-ring (bicyclic) bond motifs is 1. The van der Waals surface area contributed by atoms with Crippen molar-refractivity contribution in [2.45, 2.75) is 19.4 Å². The van der Waals surface area contributed by atoms with Gasteiger partial charge in [-0.05, 0) is 6.07 Å². The zero-order chi connectivity index (χ0) is 18.9. The Morgan fingerprint density at radius 2 is 2.19 bits per heavy atom. The van der Waals surface area contributed by atoms with Gasteiger partial charge in [-0.2, -0.15) is 0 Å². The van der Waals surface area contributed by atoms with E-state index >= 15 is 0 Å². The Labute approximate surface area is 149 Å². The van der Waals surface area contributed by atoms with Crippen LogP contribution in [0.2, 0.25) is 0 Å². The largest absolute Gasteiger partial charge is 0.494 e. The fourth-order valence-electron chi connectivity index (χ4n) is 2.40. The van der Waals surface area contributed by atoms with Crippen LogP contribution in [0.1, 0.15) is 29.9 Å². The number of ether oxygens (including phenoxy) is 1. The van der Waals surface area contributed by atoms with E-state index in [1.165, 1.54) is 17.8 Å². The summed E-state index contributed by atoms with van der Waals surface area (Å²) in [6.45, 7) is 10.8. The normalized spacial score (nSPS) is 11.2. The number of pyridine rings is 1. The van der Waals surface area contributed by atoms with Gasteiger partial charge in [-0.15, -0.1) is 5.10 Å². The molecule has 3 aromatic rings. The molecule has 0 spiro atoms. The van der Waals surface area contributed by atoms with Crippen molar-refractivity contribution in [1.29, 1.82) is 0 Å². The number of methoxy groups -OCH3 is 1. The molecule has 0 saturated carbocycles. The lowest BCUT2D eigenvalue weighted by Gasteiger charge is -2.11. The molecule has 0 atom stereocenters. The molecule has 0 unspecified atom stereocenters. The van der Waals surface area contributed by atoms with Crippen LogP contribution in [0.5, 0.6) is 5.75 Å². The molecule has 3 aromatic heterocycles. The highest BCUT2D eigenvalue weighted by Gasteiger charge is 2.30. The number of nitrogens with two attached hydrogens (primary N) is 1. The SMILES string of the molecule is [C-]#[N+]C(C)(C)c1ccn2nc(N)c(C(=O)Nc3cnccc3OC)c2n1. The van der Waals surface area contributed by atoms with Crippen molar-refractivity contribution in [2.75, 3.05) is 18.2 Å². The number of nitrogen functional groups attached to an aromatic ring is 1. The van der Waals surface area contributed by atoms with Gasteiger partial charge in [0.2, 0.25) is 0 Å². The van der Waals surface area contributed by atoms with E-state index in [0.717, 1.165) is 0 Å². The Bertz CT molecular complexity index is 1030. The smallest absolute Gasteiger partial charge is 0.268 e. The molecule has 9 nitrogen and oxygen atoms in total. The molecule has 0 bridgehead atoms. The first-order valence-electron chi connectivity index (χ1n) is 7.70. The maximum absolute atomic E-state index is 12.8. The highest BCUT2D eigenvalue weighted by Crippen LogP contribution is 2.27. The number of nitrogens with zero attached hydrogens (tertiary/aromatic N) is 5. The fourth-order valence-corrected chi connectivity index (χ4v) is 2.40. The van der Waals surface area contributed by atoms with E-state index in [1.54, 1.807) is 38.4 Å². The Balaban J connectivity index is 2.06. The number of carbonyl (C=O) groups is 1. The predicted octanol–water partition coefficient (Wildman–Crippen LogP) is 2.12. The average molecular weight is 351 g/mol. The first-order chi connectivity index (χ1) is 12.4. The molecule has 0 aliphatic heterocycles. The Kier molecular flexibility index (Phi) is 4.18. The van der Waals surface area contributed by atoms with Crippen molar-refractivity contribution >= 4 is 23.1 Å². The van der Waals surface area contributed by atoms with E-state index in [2.05, 4.69) is 25.2 Å². The van der Waals surface area contributed by atoms with Gasteiger partial charge >= 0.3 is 0 Å². The molecule has 0 aliphatic carbocycles. The Hall–Kier alpha value is -3.67. The van der Waals surface area contributed by atoms with Crippen LogP contribution >= 0.6 is 0 Å². The number of amides is 1. The van der Waals surface area contributed by atoms with Crippen LogP contribution in [-0.4, -0.2) is 32.6 Å². The third kappa shape index (κ3) is 2.88. The number of carbonyl (C=O) groups excluding carboxylic acids is 1. The van der Waals surface area contributed by atoms with Crippen molar-refractivity contribution in [3.05, 3.63) is 53.4 Å². The van der Waals surface area contributed by atoms with Gasteiger partial charge in [0.1, 0.15) is 22.7 Å². The summed E-state index contributed by atoms with van der Waals surface area (Å²) >= 11 is 0. The van der Waals surface area contributed by atoms with E-state index in [4.69, 9.17) is 17.0 Å². The van der Waals surface area contributed by atoms with Crippen molar-refractivity contribution in [3.63, 3.8) is 0 Å². The number of rotatable bonds is 4. The highest BCUT2D eigenvalue weighted by atomic mass is 16.5. The number of hydrogen-bond acceptors (Lipinski definition) is 6. The summed E-state index contributed by atoms with van der Waals surface area (Å²) < 4.78 is 6.61. The molecule has 0 aliphatic rings. The third-order valence-corrected chi connectivity index (χ3v) is 3.89. The molecular formula is C17H17N7O2. The minimum absolute atomic E-state index is 0.0376. The molecule has 1 amide bonds. The van der Waals surface area contributed by atoms with E-state index in [0.29, 0.717) is 17.1 Å². The lowest BCUT2D eigenvalue weighted by Crippen LogP contribution is -2.17. The van der Waals surface area contributed by atoms with Gasteiger partial charge in [0.15, 0.2) is 11.5 Å². The third-order valence-electron chi connectivity index (χ3n) is 3.89. The first kappa shape index (κ1) is 17.2. The molecule has 132 valence electrons. The van der Waals surface area contributed by atoms with E-state index in [-0.39, 0.29) is 17.0 Å². The maximum atomic E-state index is 12.8. The average Bonchev–Trinajstić information content (AvgIpc) is 2.97. The summed E-state index contributed by atoms with van der Waals surface area (Å²) in [5.41, 5.74) is 6.42. The molecule has 0 radical (unpaired) electrons. The molecule has 0 aromatic carbocycles. The first-order valence-corrected chi connectivity index (χ1v) is 7.70. The summed E-state index contributed by atoms with van der Waals surface area (Å²) in [4.78, 5) is 24.8. The second kappa shape index (κ2) is 6.33. The second-order valence-corrected chi connectivity index (χ2v) is 6.04.